The topological polar surface area (TPSA) is 38.3 Å². The number of para-hydroxylation sites is 1. The number of fused-ring (bicyclic) bond motifs is 1. The number of carbonyl (C=O) groups excluding carboxylic acids is 1. The zero-order valence-corrected chi connectivity index (χ0v) is 11.0. The summed E-state index contributed by atoms with van der Waals surface area (Å²) in [5.74, 6) is -1.08. The molecule has 0 aliphatic carbocycles. The number of ether oxygens (including phenoxy) is 1. The first-order valence-corrected chi connectivity index (χ1v) is 6.42. The van der Waals surface area contributed by atoms with Gasteiger partial charge in [-0.25, -0.2) is 4.39 Å². The van der Waals surface area contributed by atoms with Crippen LogP contribution >= 0.6 is 0 Å². The Bertz CT molecular complexity index is 669. The standard InChI is InChI=1S/C16H14FNO2/c1-20-14-8-4-6-11(15(14)17)16(19)12-9-18-13-7-3-2-5-10(12)13/h2-8,12,18H,9H2,1H3. The van der Waals surface area contributed by atoms with Crippen molar-refractivity contribution >= 4 is 11.5 Å². The molecule has 0 saturated heterocycles. The lowest BCUT2D eigenvalue weighted by Gasteiger charge is -2.11. The first-order valence-electron chi connectivity index (χ1n) is 6.42. The molecule has 1 atom stereocenters. The van der Waals surface area contributed by atoms with Crippen LogP contribution in [-0.4, -0.2) is 19.4 Å². The van der Waals surface area contributed by atoms with E-state index >= 15 is 0 Å². The Morgan fingerprint density at radius 1 is 1.25 bits per heavy atom. The number of anilines is 1. The molecule has 0 spiro atoms. The Morgan fingerprint density at radius 2 is 2.05 bits per heavy atom. The fraction of sp³-hybridized carbons (Fsp3) is 0.188. The third kappa shape index (κ3) is 1.93. The van der Waals surface area contributed by atoms with Crippen molar-refractivity contribution < 1.29 is 13.9 Å². The number of Topliss-reactive ketones (excluding diaryl/α,β-unsaturated/α-hetero) is 1. The summed E-state index contributed by atoms with van der Waals surface area (Å²) < 4.78 is 19.1. The summed E-state index contributed by atoms with van der Waals surface area (Å²) in [5, 5.41) is 3.17. The Balaban J connectivity index is 1.99. The van der Waals surface area contributed by atoms with Crippen molar-refractivity contribution in [2.75, 3.05) is 19.0 Å². The number of halogens is 1. The minimum Gasteiger partial charge on any atom is -0.494 e. The van der Waals surface area contributed by atoms with Crippen molar-refractivity contribution in [3.05, 3.63) is 59.4 Å². The van der Waals surface area contributed by atoms with Gasteiger partial charge in [0.15, 0.2) is 17.3 Å². The normalized spacial score (nSPS) is 16.4. The maximum Gasteiger partial charge on any atom is 0.175 e. The van der Waals surface area contributed by atoms with Gasteiger partial charge in [0.25, 0.3) is 0 Å². The summed E-state index contributed by atoms with van der Waals surface area (Å²) in [4.78, 5) is 12.6. The molecule has 1 unspecified atom stereocenters. The predicted octanol–water partition coefficient (Wildman–Crippen LogP) is 3.23. The number of rotatable bonds is 3. The van der Waals surface area contributed by atoms with Gasteiger partial charge in [-0.1, -0.05) is 24.3 Å². The largest absolute Gasteiger partial charge is 0.494 e. The van der Waals surface area contributed by atoms with Gasteiger partial charge in [0.2, 0.25) is 0 Å². The molecule has 4 heteroatoms. The zero-order chi connectivity index (χ0) is 14.1. The van der Waals surface area contributed by atoms with Gasteiger partial charge in [-0.2, -0.15) is 0 Å². The second-order valence-electron chi connectivity index (χ2n) is 4.71. The first-order chi connectivity index (χ1) is 9.72. The van der Waals surface area contributed by atoms with E-state index < -0.39 is 5.82 Å². The van der Waals surface area contributed by atoms with Gasteiger partial charge < -0.3 is 10.1 Å². The fourth-order valence-corrected chi connectivity index (χ4v) is 2.56. The van der Waals surface area contributed by atoms with Crippen LogP contribution in [0.5, 0.6) is 5.75 Å². The number of benzene rings is 2. The van der Waals surface area contributed by atoms with E-state index in [4.69, 9.17) is 4.74 Å². The monoisotopic (exact) mass is 271 g/mol. The molecule has 0 bridgehead atoms. The van der Waals surface area contributed by atoms with Crippen LogP contribution in [0.2, 0.25) is 0 Å². The van der Waals surface area contributed by atoms with Gasteiger partial charge in [0, 0.05) is 12.2 Å². The highest BCUT2D eigenvalue weighted by Crippen LogP contribution is 2.34. The Hall–Kier alpha value is -2.36. The molecule has 0 aromatic heterocycles. The molecule has 102 valence electrons. The minimum absolute atomic E-state index is 0.0767. The quantitative estimate of drug-likeness (QED) is 0.871. The van der Waals surface area contributed by atoms with E-state index in [0.717, 1.165) is 11.3 Å². The third-order valence-electron chi connectivity index (χ3n) is 3.60. The van der Waals surface area contributed by atoms with Crippen molar-refractivity contribution in [1.29, 1.82) is 0 Å². The summed E-state index contributed by atoms with van der Waals surface area (Å²) >= 11 is 0. The smallest absolute Gasteiger partial charge is 0.175 e. The molecule has 3 rings (SSSR count). The van der Waals surface area contributed by atoms with Gasteiger partial charge in [0.1, 0.15) is 0 Å². The third-order valence-corrected chi connectivity index (χ3v) is 3.60. The molecule has 0 saturated carbocycles. The lowest BCUT2D eigenvalue weighted by Crippen LogP contribution is -2.16. The van der Waals surface area contributed by atoms with Crippen LogP contribution in [0.1, 0.15) is 21.8 Å². The predicted molar refractivity (Wildman–Crippen MR) is 75.0 cm³/mol. The molecular weight excluding hydrogens is 257 g/mol. The van der Waals surface area contributed by atoms with Crippen molar-refractivity contribution in [2.24, 2.45) is 0 Å². The van der Waals surface area contributed by atoms with Crippen molar-refractivity contribution in [1.82, 2.24) is 0 Å². The van der Waals surface area contributed by atoms with E-state index in [1.165, 1.54) is 19.2 Å². The van der Waals surface area contributed by atoms with E-state index in [1.54, 1.807) is 6.07 Å². The number of methoxy groups -OCH3 is 1. The van der Waals surface area contributed by atoms with Crippen LogP contribution in [0.3, 0.4) is 0 Å². The van der Waals surface area contributed by atoms with Crippen molar-refractivity contribution in [2.45, 2.75) is 5.92 Å². The minimum atomic E-state index is -0.593. The van der Waals surface area contributed by atoms with E-state index in [0.29, 0.717) is 6.54 Å². The maximum atomic E-state index is 14.2. The lowest BCUT2D eigenvalue weighted by atomic mass is 9.92. The number of ketones is 1. The first kappa shape index (κ1) is 12.7. The molecule has 0 amide bonds. The number of hydrogen-bond donors (Lipinski definition) is 1. The van der Waals surface area contributed by atoms with Crippen molar-refractivity contribution in [3.63, 3.8) is 0 Å². The van der Waals surface area contributed by atoms with Gasteiger partial charge in [-0.3, -0.25) is 4.79 Å². The highest BCUT2D eigenvalue weighted by molar-refractivity contribution is 6.03. The second-order valence-corrected chi connectivity index (χ2v) is 4.71. The Morgan fingerprint density at radius 3 is 2.85 bits per heavy atom. The van der Waals surface area contributed by atoms with Crippen LogP contribution in [-0.2, 0) is 0 Å². The van der Waals surface area contributed by atoms with Gasteiger partial charge in [0.05, 0.1) is 18.6 Å². The summed E-state index contributed by atoms with van der Waals surface area (Å²) in [6, 6.07) is 12.2. The van der Waals surface area contributed by atoms with Crippen LogP contribution in [0.15, 0.2) is 42.5 Å². The molecule has 1 N–H and O–H groups in total. The van der Waals surface area contributed by atoms with Crippen LogP contribution in [0.4, 0.5) is 10.1 Å². The van der Waals surface area contributed by atoms with Gasteiger partial charge >= 0.3 is 0 Å². The van der Waals surface area contributed by atoms with E-state index in [1.807, 2.05) is 24.3 Å². The summed E-state index contributed by atoms with van der Waals surface area (Å²) in [6.07, 6.45) is 0. The molecule has 2 aromatic rings. The van der Waals surface area contributed by atoms with Crippen LogP contribution < -0.4 is 10.1 Å². The highest BCUT2D eigenvalue weighted by atomic mass is 19.1. The molecule has 1 aliphatic rings. The average Bonchev–Trinajstić information content (AvgIpc) is 2.91. The van der Waals surface area contributed by atoms with E-state index in [-0.39, 0.29) is 23.0 Å². The molecule has 2 aromatic carbocycles. The lowest BCUT2D eigenvalue weighted by molar-refractivity contribution is 0.0962. The summed E-state index contributed by atoms with van der Waals surface area (Å²) in [5.41, 5.74) is 1.93. The summed E-state index contributed by atoms with van der Waals surface area (Å²) in [7, 11) is 1.39. The van der Waals surface area contributed by atoms with Crippen LogP contribution in [0.25, 0.3) is 0 Å². The zero-order valence-electron chi connectivity index (χ0n) is 11.0. The fourth-order valence-electron chi connectivity index (χ4n) is 2.56. The molecule has 0 radical (unpaired) electrons. The number of carbonyl (C=O) groups is 1. The Kier molecular flexibility index (Phi) is 3.14. The van der Waals surface area contributed by atoms with Gasteiger partial charge in [-0.05, 0) is 23.8 Å². The Labute approximate surface area is 116 Å². The average molecular weight is 271 g/mol. The van der Waals surface area contributed by atoms with E-state index in [9.17, 15) is 9.18 Å². The SMILES string of the molecule is COc1cccc(C(=O)C2CNc3ccccc32)c1F. The number of hydrogen-bond acceptors (Lipinski definition) is 3. The highest BCUT2D eigenvalue weighted by Gasteiger charge is 2.30. The molecular formula is C16H14FNO2. The molecule has 1 heterocycles. The molecule has 3 nitrogen and oxygen atoms in total. The van der Waals surface area contributed by atoms with Crippen molar-refractivity contribution in [3.8, 4) is 5.75 Å². The molecule has 0 fully saturated rings. The number of nitrogens with one attached hydrogen (secondary N) is 1. The molecule has 20 heavy (non-hydrogen) atoms. The maximum absolute atomic E-state index is 14.2. The molecule has 1 aliphatic heterocycles. The second kappa shape index (κ2) is 4.96. The van der Waals surface area contributed by atoms with Gasteiger partial charge in [-0.15, -0.1) is 0 Å². The van der Waals surface area contributed by atoms with Crippen LogP contribution in [0, 0.1) is 5.82 Å². The summed E-state index contributed by atoms with van der Waals surface area (Å²) in [6.45, 7) is 0.495. The van der Waals surface area contributed by atoms with E-state index in [2.05, 4.69) is 5.32 Å².